The van der Waals surface area contributed by atoms with Crippen LogP contribution in [0.15, 0.2) is 48.5 Å². The molecule has 0 N–H and O–H groups in total. The van der Waals surface area contributed by atoms with Gasteiger partial charge in [0.05, 0.1) is 0 Å². The summed E-state index contributed by atoms with van der Waals surface area (Å²) in [5.41, 5.74) is 3.72. The maximum atomic E-state index is 12.0. The molecule has 0 radical (unpaired) electrons. The zero-order valence-electron chi connectivity index (χ0n) is 13.1. The Labute approximate surface area is 138 Å². The van der Waals surface area contributed by atoms with Crippen LogP contribution in [0.1, 0.15) is 54.9 Å². The third-order valence-corrected chi connectivity index (χ3v) is 4.17. The molecule has 0 fully saturated rings. The second-order valence-electron chi connectivity index (χ2n) is 5.64. The standard InChI is InChI=1S/C20H23ClO/c1-2-3-4-5-7-13-17-14-10-15-18(19(17)20(21)22)16-11-8-6-9-12-16/h6,8-12,14-15H,2-5,7,13H2,1H3. The summed E-state index contributed by atoms with van der Waals surface area (Å²) < 4.78 is 0. The molecular weight excluding hydrogens is 292 g/mol. The third-order valence-electron chi connectivity index (χ3n) is 3.98. The van der Waals surface area contributed by atoms with E-state index in [4.69, 9.17) is 11.6 Å². The van der Waals surface area contributed by atoms with Crippen molar-refractivity contribution in [1.82, 2.24) is 0 Å². The Morgan fingerprint density at radius 3 is 2.32 bits per heavy atom. The summed E-state index contributed by atoms with van der Waals surface area (Å²) in [7, 11) is 0. The van der Waals surface area contributed by atoms with Crippen LogP contribution in [0, 0.1) is 0 Å². The maximum absolute atomic E-state index is 12.0. The second-order valence-corrected chi connectivity index (χ2v) is 5.99. The molecule has 0 saturated carbocycles. The zero-order valence-corrected chi connectivity index (χ0v) is 13.9. The van der Waals surface area contributed by atoms with Gasteiger partial charge in [0.15, 0.2) is 0 Å². The van der Waals surface area contributed by atoms with Crippen molar-refractivity contribution in [3.8, 4) is 11.1 Å². The van der Waals surface area contributed by atoms with Crippen molar-refractivity contribution in [2.75, 3.05) is 0 Å². The third kappa shape index (κ3) is 4.45. The van der Waals surface area contributed by atoms with Gasteiger partial charge in [-0.15, -0.1) is 0 Å². The lowest BCUT2D eigenvalue weighted by Gasteiger charge is -2.12. The van der Waals surface area contributed by atoms with Crippen molar-refractivity contribution in [3.63, 3.8) is 0 Å². The van der Waals surface area contributed by atoms with Crippen molar-refractivity contribution in [1.29, 1.82) is 0 Å². The summed E-state index contributed by atoms with van der Waals surface area (Å²) in [6, 6.07) is 16.0. The van der Waals surface area contributed by atoms with Gasteiger partial charge in [-0.1, -0.05) is 81.1 Å². The molecule has 2 aromatic carbocycles. The van der Waals surface area contributed by atoms with Gasteiger partial charge in [-0.3, -0.25) is 4.79 Å². The van der Waals surface area contributed by atoms with Gasteiger partial charge < -0.3 is 0 Å². The molecule has 116 valence electrons. The van der Waals surface area contributed by atoms with Crippen molar-refractivity contribution in [2.24, 2.45) is 0 Å². The maximum Gasteiger partial charge on any atom is 0.253 e. The molecule has 1 nitrogen and oxygen atoms in total. The lowest BCUT2D eigenvalue weighted by molar-refractivity contribution is 0.108. The van der Waals surface area contributed by atoms with Crippen LogP contribution < -0.4 is 0 Å². The fraction of sp³-hybridized carbons (Fsp3) is 0.350. The molecule has 2 rings (SSSR count). The SMILES string of the molecule is CCCCCCCc1cccc(-c2ccccc2)c1C(=O)Cl. The Morgan fingerprint density at radius 1 is 0.909 bits per heavy atom. The number of halogens is 1. The molecule has 0 spiro atoms. The minimum absolute atomic E-state index is 0.358. The van der Waals surface area contributed by atoms with Crippen LogP contribution in [-0.4, -0.2) is 5.24 Å². The quantitative estimate of drug-likeness (QED) is 0.416. The van der Waals surface area contributed by atoms with Crippen LogP contribution in [0.2, 0.25) is 0 Å². The summed E-state index contributed by atoms with van der Waals surface area (Å²) in [6.07, 6.45) is 7.02. The molecule has 2 aromatic rings. The molecule has 0 unspecified atom stereocenters. The molecule has 2 heteroatoms. The normalized spacial score (nSPS) is 10.6. The smallest absolute Gasteiger partial charge is 0.253 e. The molecule has 0 bridgehead atoms. The minimum Gasteiger partial charge on any atom is -0.276 e. The van der Waals surface area contributed by atoms with E-state index in [-0.39, 0.29) is 5.24 Å². The van der Waals surface area contributed by atoms with E-state index >= 15 is 0 Å². The van der Waals surface area contributed by atoms with E-state index in [2.05, 4.69) is 6.92 Å². The van der Waals surface area contributed by atoms with E-state index in [0.717, 1.165) is 29.5 Å². The van der Waals surface area contributed by atoms with E-state index in [9.17, 15) is 4.79 Å². The molecule has 0 amide bonds. The lowest BCUT2D eigenvalue weighted by atomic mass is 9.93. The van der Waals surface area contributed by atoms with Gasteiger partial charge >= 0.3 is 0 Å². The summed E-state index contributed by atoms with van der Waals surface area (Å²) in [6.45, 7) is 2.22. The Hall–Kier alpha value is -1.60. The van der Waals surface area contributed by atoms with E-state index in [0.29, 0.717) is 5.56 Å². The summed E-state index contributed by atoms with van der Waals surface area (Å²) in [5.74, 6) is 0. The first-order valence-electron chi connectivity index (χ1n) is 8.11. The number of aryl methyl sites for hydroxylation is 1. The minimum atomic E-state index is -0.358. The average Bonchev–Trinajstić information content (AvgIpc) is 2.55. The van der Waals surface area contributed by atoms with Gasteiger partial charge in [-0.2, -0.15) is 0 Å². The number of rotatable bonds is 8. The number of carbonyl (C=O) groups is 1. The van der Waals surface area contributed by atoms with Crippen molar-refractivity contribution < 1.29 is 4.79 Å². The molecule has 0 aromatic heterocycles. The number of benzene rings is 2. The molecule has 0 aliphatic heterocycles. The average molecular weight is 315 g/mol. The Bertz CT molecular complexity index is 604. The van der Waals surface area contributed by atoms with Gasteiger partial charge in [0.1, 0.15) is 0 Å². The van der Waals surface area contributed by atoms with Gasteiger partial charge in [0.25, 0.3) is 5.24 Å². The van der Waals surface area contributed by atoms with Crippen LogP contribution in [0.4, 0.5) is 0 Å². The number of unbranched alkanes of at least 4 members (excludes halogenated alkanes) is 4. The van der Waals surface area contributed by atoms with Gasteiger partial charge in [0.2, 0.25) is 0 Å². The monoisotopic (exact) mass is 314 g/mol. The van der Waals surface area contributed by atoms with Crippen LogP contribution in [-0.2, 0) is 6.42 Å². The second kappa shape index (κ2) is 8.75. The van der Waals surface area contributed by atoms with Gasteiger partial charge in [-0.25, -0.2) is 0 Å². The van der Waals surface area contributed by atoms with Gasteiger partial charge in [-0.05, 0) is 41.1 Å². The van der Waals surface area contributed by atoms with Crippen LogP contribution in [0.5, 0.6) is 0 Å². The van der Waals surface area contributed by atoms with Crippen molar-refractivity contribution >= 4 is 16.8 Å². The Kier molecular flexibility index (Phi) is 6.67. The zero-order chi connectivity index (χ0) is 15.8. The molecule has 0 heterocycles. The fourth-order valence-electron chi connectivity index (χ4n) is 2.82. The first kappa shape index (κ1) is 16.8. The van der Waals surface area contributed by atoms with E-state index < -0.39 is 0 Å². The number of carbonyl (C=O) groups excluding carboxylic acids is 1. The van der Waals surface area contributed by atoms with E-state index in [1.165, 1.54) is 25.7 Å². The predicted octanol–water partition coefficient (Wildman–Crippen LogP) is 6.25. The highest BCUT2D eigenvalue weighted by molar-refractivity contribution is 6.68. The number of hydrogen-bond donors (Lipinski definition) is 0. The molecule has 0 aliphatic rings. The summed E-state index contributed by atoms with van der Waals surface area (Å²) >= 11 is 5.89. The lowest BCUT2D eigenvalue weighted by Crippen LogP contribution is -2.01. The van der Waals surface area contributed by atoms with E-state index in [1.54, 1.807) is 0 Å². The first-order valence-corrected chi connectivity index (χ1v) is 8.49. The Morgan fingerprint density at radius 2 is 1.64 bits per heavy atom. The van der Waals surface area contributed by atoms with Crippen molar-refractivity contribution in [3.05, 3.63) is 59.7 Å². The number of hydrogen-bond acceptors (Lipinski definition) is 1. The summed E-state index contributed by atoms with van der Waals surface area (Å²) in [5, 5.41) is -0.358. The van der Waals surface area contributed by atoms with Crippen molar-refractivity contribution in [2.45, 2.75) is 45.4 Å². The predicted molar refractivity (Wildman–Crippen MR) is 94.5 cm³/mol. The van der Waals surface area contributed by atoms with Crippen LogP contribution >= 0.6 is 11.6 Å². The van der Waals surface area contributed by atoms with Gasteiger partial charge in [0, 0.05) is 5.56 Å². The molecule has 22 heavy (non-hydrogen) atoms. The summed E-state index contributed by atoms with van der Waals surface area (Å²) in [4.78, 5) is 12.0. The highest BCUT2D eigenvalue weighted by Crippen LogP contribution is 2.28. The highest BCUT2D eigenvalue weighted by Gasteiger charge is 2.15. The first-order chi connectivity index (χ1) is 10.7. The Balaban J connectivity index is 2.22. The van der Waals surface area contributed by atoms with Crippen LogP contribution in [0.25, 0.3) is 11.1 Å². The molecule has 0 saturated heterocycles. The fourth-order valence-corrected chi connectivity index (χ4v) is 3.04. The molecule has 0 aliphatic carbocycles. The van der Waals surface area contributed by atoms with Crippen LogP contribution in [0.3, 0.4) is 0 Å². The highest BCUT2D eigenvalue weighted by atomic mass is 35.5. The topological polar surface area (TPSA) is 17.1 Å². The largest absolute Gasteiger partial charge is 0.276 e. The molecular formula is C20H23ClO. The molecule has 0 atom stereocenters. The van der Waals surface area contributed by atoms with E-state index in [1.807, 2.05) is 48.5 Å².